The molecule has 1 saturated carbocycles. The van der Waals surface area contributed by atoms with Gasteiger partial charge >= 0.3 is 0 Å². The zero-order valence-electron chi connectivity index (χ0n) is 11.2. The van der Waals surface area contributed by atoms with Crippen LogP contribution in [0.25, 0.3) is 0 Å². The summed E-state index contributed by atoms with van der Waals surface area (Å²) >= 11 is 0. The Morgan fingerprint density at radius 2 is 1.83 bits per heavy atom. The van der Waals surface area contributed by atoms with Crippen LogP contribution in [0.4, 0.5) is 0 Å². The maximum absolute atomic E-state index is 6.01. The first kappa shape index (κ1) is 12.0. The molecule has 1 aliphatic carbocycles. The SMILES string of the molecule is CC1(c2ccc(OC3CCCC3)cc2)CCCN1. The molecule has 1 heterocycles. The van der Waals surface area contributed by atoms with Crippen LogP contribution in [0, 0.1) is 0 Å². The lowest BCUT2D eigenvalue weighted by molar-refractivity contribution is 0.210. The first-order chi connectivity index (χ1) is 8.76. The van der Waals surface area contributed by atoms with E-state index in [1.807, 2.05) is 0 Å². The van der Waals surface area contributed by atoms with E-state index in [1.165, 1.54) is 44.1 Å². The van der Waals surface area contributed by atoms with Crippen molar-refractivity contribution in [1.29, 1.82) is 0 Å². The van der Waals surface area contributed by atoms with Crippen molar-refractivity contribution in [2.24, 2.45) is 0 Å². The number of hydrogen-bond donors (Lipinski definition) is 1. The monoisotopic (exact) mass is 245 g/mol. The third-order valence-corrected chi connectivity index (χ3v) is 4.47. The summed E-state index contributed by atoms with van der Waals surface area (Å²) in [6.45, 7) is 3.43. The van der Waals surface area contributed by atoms with Crippen LogP contribution in [-0.4, -0.2) is 12.6 Å². The van der Waals surface area contributed by atoms with Crippen molar-refractivity contribution < 1.29 is 4.74 Å². The van der Waals surface area contributed by atoms with Gasteiger partial charge in [-0.15, -0.1) is 0 Å². The third-order valence-electron chi connectivity index (χ3n) is 4.47. The molecule has 98 valence electrons. The number of hydrogen-bond acceptors (Lipinski definition) is 2. The highest BCUT2D eigenvalue weighted by Crippen LogP contribution is 2.32. The lowest BCUT2D eigenvalue weighted by Crippen LogP contribution is -2.32. The first-order valence-electron chi connectivity index (χ1n) is 7.28. The van der Waals surface area contributed by atoms with Gasteiger partial charge < -0.3 is 10.1 Å². The van der Waals surface area contributed by atoms with Crippen molar-refractivity contribution >= 4 is 0 Å². The van der Waals surface area contributed by atoms with Gasteiger partial charge in [-0.25, -0.2) is 0 Å². The summed E-state index contributed by atoms with van der Waals surface area (Å²) < 4.78 is 6.01. The molecule has 2 fully saturated rings. The van der Waals surface area contributed by atoms with Gasteiger partial charge in [0.05, 0.1) is 6.10 Å². The van der Waals surface area contributed by atoms with E-state index in [4.69, 9.17) is 4.74 Å². The van der Waals surface area contributed by atoms with Gasteiger partial charge in [0.25, 0.3) is 0 Å². The van der Waals surface area contributed by atoms with Gasteiger partial charge in [0.1, 0.15) is 5.75 Å². The van der Waals surface area contributed by atoms with E-state index >= 15 is 0 Å². The molecule has 1 aromatic rings. The number of benzene rings is 1. The molecular weight excluding hydrogens is 222 g/mol. The average Bonchev–Trinajstić information content (AvgIpc) is 3.03. The molecule has 0 bridgehead atoms. The largest absolute Gasteiger partial charge is 0.490 e. The minimum Gasteiger partial charge on any atom is -0.490 e. The smallest absolute Gasteiger partial charge is 0.119 e. The fraction of sp³-hybridized carbons (Fsp3) is 0.625. The van der Waals surface area contributed by atoms with Gasteiger partial charge in [0.15, 0.2) is 0 Å². The summed E-state index contributed by atoms with van der Waals surface area (Å²) in [5, 5.41) is 3.60. The molecule has 1 N–H and O–H groups in total. The van der Waals surface area contributed by atoms with Crippen LogP contribution < -0.4 is 10.1 Å². The fourth-order valence-corrected chi connectivity index (χ4v) is 3.24. The highest BCUT2D eigenvalue weighted by Gasteiger charge is 2.29. The molecule has 1 atom stereocenters. The lowest BCUT2D eigenvalue weighted by atomic mass is 9.91. The van der Waals surface area contributed by atoms with E-state index in [0.29, 0.717) is 6.10 Å². The summed E-state index contributed by atoms with van der Waals surface area (Å²) in [4.78, 5) is 0. The second kappa shape index (κ2) is 4.93. The Morgan fingerprint density at radius 1 is 1.11 bits per heavy atom. The molecule has 1 saturated heterocycles. The topological polar surface area (TPSA) is 21.3 Å². The van der Waals surface area contributed by atoms with Crippen molar-refractivity contribution in [1.82, 2.24) is 5.32 Å². The lowest BCUT2D eigenvalue weighted by Gasteiger charge is -2.25. The van der Waals surface area contributed by atoms with E-state index in [9.17, 15) is 0 Å². The normalized spacial score (nSPS) is 28.7. The highest BCUT2D eigenvalue weighted by atomic mass is 16.5. The molecule has 0 spiro atoms. The highest BCUT2D eigenvalue weighted by molar-refractivity contribution is 5.32. The van der Waals surface area contributed by atoms with E-state index in [0.717, 1.165) is 12.3 Å². The van der Waals surface area contributed by atoms with Crippen molar-refractivity contribution in [3.8, 4) is 5.75 Å². The Bertz CT molecular complexity index is 386. The van der Waals surface area contributed by atoms with E-state index in [-0.39, 0.29) is 5.54 Å². The van der Waals surface area contributed by atoms with Gasteiger partial charge in [-0.1, -0.05) is 12.1 Å². The summed E-state index contributed by atoms with van der Waals surface area (Å²) in [5.74, 6) is 1.03. The van der Waals surface area contributed by atoms with Crippen molar-refractivity contribution in [2.45, 2.75) is 57.1 Å². The van der Waals surface area contributed by atoms with E-state index in [1.54, 1.807) is 0 Å². The molecule has 0 amide bonds. The quantitative estimate of drug-likeness (QED) is 0.878. The van der Waals surface area contributed by atoms with Gasteiger partial charge in [-0.05, 0) is 69.7 Å². The Kier molecular flexibility index (Phi) is 3.29. The molecule has 2 heteroatoms. The zero-order chi connectivity index (χ0) is 12.4. The predicted molar refractivity (Wildman–Crippen MR) is 73.9 cm³/mol. The molecule has 2 aliphatic rings. The maximum Gasteiger partial charge on any atom is 0.119 e. The minimum atomic E-state index is 0.173. The Labute approximate surface area is 110 Å². The fourth-order valence-electron chi connectivity index (χ4n) is 3.24. The molecule has 1 aliphatic heterocycles. The van der Waals surface area contributed by atoms with Gasteiger partial charge in [-0.2, -0.15) is 0 Å². The van der Waals surface area contributed by atoms with Crippen LogP contribution in [0.15, 0.2) is 24.3 Å². The summed E-state index contributed by atoms with van der Waals surface area (Å²) in [5.41, 5.74) is 1.56. The predicted octanol–water partition coefficient (Wildman–Crippen LogP) is 3.61. The molecule has 0 aromatic heterocycles. The molecule has 2 nitrogen and oxygen atoms in total. The minimum absolute atomic E-state index is 0.173. The van der Waals surface area contributed by atoms with Crippen molar-refractivity contribution in [3.05, 3.63) is 29.8 Å². The Morgan fingerprint density at radius 3 is 2.44 bits per heavy atom. The van der Waals surface area contributed by atoms with E-state index < -0.39 is 0 Å². The molecule has 1 unspecified atom stereocenters. The summed E-state index contributed by atoms with van der Waals surface area (Å²) in [6.07, 6.45) is 8.06. The van der Waals surface area contributed by atoms with Crippen LogP contribution in [0.1, 0.15) is 51.0 Å². The Hall–Kier alpha value is -1.02. The second-order valence-electron chi connectivity index (χ2n) is 5.91. The van der Waals surface area contributed by atoms with Crippen LogP contribution in [0.3, 0.4) is 0 Å². The van der Waals surface area contributed by atoms with Crippen LogP contribution in [0.5, 0.6) is 5.75 Å². The standard InChI is InChI=1S/C16H23NO/c1-16(11-4-12-17-16)13-7-9-15(10-8-13)18-14-5-2-3-6-14/h7-10,14,17H,2-6,11-12H2,1H3. The van der Waals surface area contributed by atoms with Gasteiger partial charge in [0, 0.05) is 5.54 Å². The summed E-state index contributed by atoms with van der Waals surface area (Å²) in [7, 11) is 0. The van der Waals surface area contributed by atoms with Crippen LogP contribution >= 0.6 is 0 Å². The van der Waals surface area contributed by atoms with Gasteiger partial charge in [-0.3, -0.25) is 0 Å². The summed E-state index contributed by atoms with van der Waals surface area (Å²) in [6, 6.07) is 8.73. The third kappa shape index (κ3) is 2.39. The zero-order valence-corrected chi connectivity index (χ0v) is 11.2. The number of ether oxygens (including phenoxy) is 1. The average molecular weight is 245 g/mol. The first-order valence-corrected chi connectivity index (χ1v) is 7.28. The maximum atomic E-state index is 6.01. The molecule has 1 aromatic carbocycles. The number of nitrogens with one attached hydrogen (secondary N) is 1. The molecular formula is C16H23NO. The second-order valence-corrected chi connectivity index (χ2v) is 5.91. The van der Waals surface area contributed by atoms with Crippen LogP contribution in [-0.2, 0) is 5.54 Å². The molecule has 0 radical (unpaired) electrons. The van der Waals surface area contributed by atoms with Crippen LogP contribution in [0.2, 0.25) is 0 Å². The molecule has 18 heavy (non-hydrogen) atoms. The van der Waals surface area contributed by atoms with Crippen molar-refractivity contribution in [3.63, 3.8) is 0 Å². The van der Waals surface area contributed by atoms with Crippen molar-refractivity contribution in [2.75, 3.05) is 6.54 Å². The number of rotatable bonds is 3. The molecule has 3 rings (SSSR count). The Balaban J connectivity index is 1.68. The van der Waals surface area contributed by atoms with Gasteiger partial charge in [0.2, 0.25) is 0 Å². The van der Waals surface area contributed by atoms with E-state index in [2.05, 4.69) is 36.5 Å².